The molecule has 0 radical (unpaired) electrons. The summed E-state index contributed by atoms with van der Waals surface area (Å²) in [5, 5.41) is 2.63. The van der Waals surface area contributed by atoms with Gasteiger partial charge in [-0.1, -0.05) is 0 Å². The topological polar surface area (TPSA) is 67.3 Å². The fraction of sp³-hybridized carbons (Fsp3) is 0.421. The van der Waals surface area contributed by atoms with Crippen molar-refractivity contribution in [3.05, 3.63) is 47.3 Å². The quantitative estimate of drug-likeness (QED) is 0.848. The minimum atomic E-state index is -4.41. The number of halogens is 3. The van der Waals surface area contributed by atoms with Crippen molar-refractivity contribution in [2.24, 2.45) is 0 Å². The molecule has 1 N–H and O–H groups in total. The number of ether oxygens (including phenoxy) is 1. The fourth-order valence-electron chi connectivity index (χ4n) is 3.06. The molecule has 1 atom stereocenters. The second kappa shape index (κ2) is 8.04. The highest BCUT2D eigenvalue weighted by molar-refractivity contribution is 5.89. The highest BCUT2D eigenvalue weighted by atomic mass is 19.4. The van der Waals surface area contributed by atoms with E-state index in [-0.39, 0.29) is 18.1 Å². The molecule has 0 spiro atoms. The third-order valence-electron chi connectivity index (χ3n) is 4.36. The van der Waals surface area contributed by atoms with E-state index >= 15 is 0 Å². The van der Waals surface area contributed by atoms with E-state index in [0.29, 0.717) is 18.8 Å². The van der Waals surface area contributed by atoms with Crippen LogP contribution in [0.2, 0.25) is 0 Å². The van der Waals surface area contributed by atoms with Crippen LogP contribution in [-0.4, -0.2) is 40.1 Å². The Hall–Kier alpha value is -2.84. The Morgan fingerprint density at radius 1 is 1.18 bits per heavy atom. The minimum absolute atomic E-state index is 0.242. The van der Waals surface area contributed by atoms with Crippen LogP contribution in [0.4, 0.5) is 23.7 Å². The average molecular weight is 394 g/mol. The molecule has 1 fully saturated rings. The Kier molecular flexibility index (Phi) is 5.71. The molecular weight excluding hydrogens is 373 g/mol. The molecule has 2 amide bonds. The van der Waals surface area contributed by atoms with Crippen molar-refractivity contribution < 1.29 is 22.7 Å². The van der Waals surface area contributed by atoms with Gasteiger partial charge < -0.3 is 15.0 Å². The number of nitrogens with one attached hydrogen (secondary N) is 1. The third-order valence-corrected chi connectivity index (χ3v) is 4.36. The molecule has 2 aromatic rings. The number of nitrogens with zero attached hydrogens (tertiary/aromatic N) is 3. The molecule has 1 saturated heterocycles. The van der Waals surface area contributed by atoms with Crippen LogP contribution in [0.3, 0.4) is 0 Å². The summed E-state index contributed by atoms with van der Waals surface area (Å²) in [7, 11) is 0. The number of likely N-dealkylation sites (tertiary alicyclic amines) is 1. The van der Waals surface area contributed by atoms with Gasteiger partial charge >= 0.3 is 18.2 Å². The summed E-state index contributed by atoms with van der Waals surface area (Å²) >= 11 is 0. The van der Waals surface area contributed by atoms with Gasteiger partial charge in [0.15, 0.2) is 0 Å². The van der Waals surface area contributed by atoms with Crippen molar-refractivity contribution in [2.75, 3.05) is 18.4 Å². The molecule has 1 unspecified atom stereocenters. The first-order valence-electron chi connectivity index (χ1n) is 8.93. The molecule has 0 aliphatic carbocycles. The van der Waals surface area contributed by atoms with Crippen LogP contribution in [0.15, 0.2) is 30.3 Å². The number of rotatable bonds is 3. The number of hydrogen-bond donors (Lipinski definition) is 1. The molecule has 1 aliphatic heterocycles. The number of alkyl halides is 3. The lowest BCUT2D eigenvalue weighted by Crippen LogP contribution is -2.46. The predicted molar refractivity (Wildman–Crippen MR) is 97.2 cm³/mol. The van der Waals surface area contributed by atoms with Crippen molar-refractivity contribution in [2.45, 2.75) is 39.0 Å². The Morgan fingerprint density at radius 2 is 1.82 bits per heavy atom. The van der Waals surface area contributed by atoms with Gasteiger partial charge in [0, 0.05) is 23.6 Å². The van der Waals surface area contributed by atoms with Crippen molar-refractivity contribution in [1.82, 2.24) is 14.9 Å². The van der Waals surface area contributed by atoms with Crippen molar-refractivity contribution in [3.63, 3.8) is 0 Å². The van der Waals surface area contributed by atoms with Crippen molar-refractivity contribution in [3.8, 4) is 6.01 Å². The molecule has 0 bridgehead atoms. The highest BCUT2D eigenvalue weighted by Gasteiger charge is 2.30. The van der Waals surface area contributed by atoms with Crippen LogP contribution in [0, 0.1) is 13.8 Å². The molecule has 1 aromatic carbocycles. The normalized spacial score (nSPS) is 17.3. The number of aromatic nitrogens is 2. The number of aryl methyl sites for hydroxylation is 2. The molecule has 6 nitrogen and oxygen atoms in total. The largest absolute Gasteiger partial charge is 0.458 e. The number of urea groups is 1. The zero-order valence-electron chi connectivity index (χ0n) is 15.6. The van der Waals surface area contributed by atoms with E-state index in [0.717, 1.165) is 36.4 Å². The molecule has 1 aromatic heterocycles. The van der Waals surface area contributed by atoms with Gasteiger partial charge in [0.1, 0.15) is 6.10 Å². The molecule has 150 valence electrons. The standard InChI is InChI=1S/C19H21F3N4O2/c1-12-10-13(2)24-17(23-12)28-16-4-3-9-26(11-16)18(27)25-15-7-5-14(6-8-15)19(20,21)22/h5-8,10,16H,3-4,9,11H2,1-2H3,(H,25,27). The number of piperidine rings is 1. The molecule has 3 rings (SSSR count). The highest BCUT2D eigenvalue weighted by Crippen LogP contribution is 2.30. The Labute approximate surface area is 160 Å². The first-order valence-corrected chi connectivity index (χ1v) is 8.93. The Morgan fingerprint density at radius 3 is 2.43 bits per heavy atom. The number of amides is 2. The lowest BCUT2D eigenvalue weighted by atomic mass is 10.1. The lowest BCUT2D eigenvalue weighted by Gasteiger charge is -2.32. The van der Waals surface area contributed by atoms with Gasteiger partial charge in [0.05, 0.1) is 12.1 Å². The van der Waals surface area contributed by atoms with E-state index in [1.165, 1.54) is 12.1 Å². The first kappa shape index (κ1) is 19.9. The van der Waals surface area contributed by atoms with E-state index in [4.69, 9.17) is 4.74 Å². The SMILES string of the molecule is Cc1cc(C)nc(OC2CCCN(C(=O)Nc3ccc(C(F)(F)F)cc3)C2)n1. The molecule has 0 saturated carbocycles. The maximum Gasteiger partial charge on any atom is 0.416 e. The third kappa shape index (κ3) is 5.11. The zero-order chi connectivity index (χ0) is 20.3. The fourth-order valence-corrected chi connectivity index (χ4v) is 3.06. The second-order valence-corrected chi connectivity index (χ2v) is 6.77. The molecule has 9 heteroatoms. The summed E-state index contributed by atoms with van der Waals surface area (Å²) in [6, 6.07) is 6.10. The summed E-state index contributed by atoms with van der Waals surface area (Å²) in [5.74, 6) is 0. The molecule has 28 heavy (non-hydrogen) atoms. The van der Waals surface area contributed by atoms with E-state index in [1.54, 1.807) is 4.90 Å². The smallest absolute Gasteiger partial charge is 0.416 e. The van der Waals surface area contributed by atoms with E-state index in [1.807, 2.05) is 19.9 Å². The van der Waals surface area contributed by atoms with E-state index in [2.05, 4.69) is 15.3 Å². The van der Waals surface area contributed by atoms with Gasteiger partial charge in [0.2, 0.25) is 0 Å². The molecule has 1 aliphatic rings. The number of carbonyl (C=O) groups excluding carboxylic acids is 1. The summed E-state index contributed by atoms with van der Waals surface area (Å²) < 4.78 is 43.7. The van der Waals surface area contributed by atoms with Crippen LogP contribution in [-0.2, 0) is 6.18 Å². The van der Waals surface area contributed by atoms with Gasteiger partial charge in [-0.15, -0.1) is 0 Å². The number of benzene rings is 1. The minimum Gasteiger partial charge on any atom is -0.458 e. The van der Waals surface area contributed by atoms with Crippen molar-refractivity contribution >= 4 is 11.7 Å². The Bertz CT molecular complexity index is 820. The summed E-state index contributed by atoms with van der Waals surface area (Å²) in [6.07, 6.45) is -3.14. The van der Waals surface area contributed by atoms with E-state index < -0.39 is 11.7 Å². The Balaban J connectivity index is 1.59. The summed E-state index contributed by atoms with van der Waals surface area (Å²) in [5.41, 5.74) is 1.15. The summed E-state index contributed by atoms with van der Waals surface area (Å²) in [6.45, 7) is 4.60. The average Bonchev–Trinajstić information content (AvgIpc) is 2.61. The van der Waals surface area contributed by atoms with Crippen LogP contribution in [0.25, 0.3) is 0 Å². The van der Waals surface area contributed by atoms with Crippen LogP contribution < -0.4 is 10.1 Å². The molecular formula is C19H21F3N4O2. The first-order chi connectivity index (χ1) is 13.2. The monoisotopic (exact) mass is 394 g/mol. The van der Waals surface area contributed by atoms with Gasteiger partial charge in [-0.05, 0) is 57.0 Å². The number of hydrogen-bond acceptors (Lipinski definition) is 4. The van der Waals surface area contributed by atoms with Gasteiger partial charge in [-0.25, -0.2) is 14.8 Å². The predicted octanol–water partition coefficient (Wildman–Crippen LogP) is 4.19. The maximum atomic E-state index is 12.6. The lowest BCUT2D eigenvalue weighted by molar-refractivity contribution is -0.137. The van der Waals surface area contributed by atoms with Crippen LogP contribution in [0.1, 0.15) is 29.8 Å². The zero-order valence-corrected chi connectivity index (χ0v) is 15.6. The van der Waals surface area contributed by atoms with Crippen LogP contribution >= 0.6 is 0 Å². The summed E-state index contributed by atoms with van der Waals surface area (Å²) in [4.78, 5) is 22.5. The maximum absolute atomic E-state index is 12.6. The number of carbonyl (C=O) groups is 1. The van der Waals surface area contributed by atoms with Crippen molar-refractivity contribution in [1.29, 1.82) is 0 Å². The second-order valence-electron chi connectivity index (χ2n) is 6.77. The van der Waals surface area contributed by atoms with E-state index in [9.17, 15) is 18.0 Å². The number of anilines is 1. The van der Waals surface area contributed by atoms with Crippen LogP contribution in [0.5, 0.6) is 6.01 Å². The van der Waals surface area contributed by atoms with Gasteiger partial charge in [0.25, 0.3) is 0 Å². The molecule has 2 heterocycles. The van der Waals surface area contributed by atoms with Gasteiger partial charge in [-0.2, -0.15) is 13.2 Å². The van der Waals surface area contributed by atoms with Gasteiger partial charge in [-0.3, -0.25) is 0 Å².